The fourth-order valence-electron chi connectivity index (χ4n) is 1.36. The van der Waals surface area contributed by atoms with Gasteiger partial charge in [0.1, 0.15) is 11.4 Å². The van der Waals surface area contributed by atoms with Gasteiger partial charge in [0.2, 0.25) is 0 Å². The molecule has 0 atom stereocenters. The third kappa shape index (κ3) is 2.91. The minimum absolute atomic E-state index is 0.0787. The highest BCUT2D eigenvalue weighted by Crippen LogP contribution is 2.38. The number of hydrogen-bond acceptors (Lipinski definition) is 5. The summed E-state index contributed by atoms with van der Waals surface area (Å²) in [5.74, 6) is -2.52. The van der Waals surface area contributed by atoms with E-state index in [1.54, 1.807) is 17.5 Å². The molecule has 2 rings (SSSR count). The Morgan fingerprint density at radius 1 is 1.47 bits per heavy atom. The molecule has 0 spiro atoms. The van der Waals surface area contributed by atoms with Crippen molar-refractivity contribution >= 4 is 34.8 Å². The highest BCUT2D eigenvalue weighted by Gasteiger charge is 2.22. The van der Waals surface area contributed by atoms with Crippen LogP contribution in [0.25, 0.3) is 0 Å². The zero-order valence-electron chi connectivity index (χ0n) is 9.20. The Hall–Kier alpha value is -1.93. The molecule has 0 saturated heterocycles. The number of carboxylic acid groups (broad SMARTS) is 1. The van der Waals surface area contributed by atoms with Crippen molar-refractivity contribution in [3.05, 3.63) is 51.1 Å². The lowest BCUT2D eigenvalue weighted by Gasteiger charge is -2.04. The van der Waals surface area contributed by atoms with Crippen molar-refractivity contribution in [1.82, 2.24) is 0 Å². The Morgan fingerprint density at radius 3 is 2.74 bits per heavy atom. The molecule has 1 aromatic carbocycles. The van der Waals surface area contributed by atoms with Gasteiger partial charge in [-0.1, -0.05) is 17.8 Å². The summed E-state index contributed by atoms with van der Waals surface area (Å²) in [5.41, 5.74) is -1.13. The summed E-state index contributed by atoms with van der Waals surface area (Å²) in [6.45, 7) is 0. The highest BCUT2D eigenvalue weighted by molar-refractivity contribution is 8.01. The van der Waals surface area contributed by atoms with E-state index in [1.165, 1.54) is 11.3 Å². The number of carbonyl (C=O) groups is 1. The third-order valence-corrected chi connectivity index (χ3v) is 4.27. The topological polar surface area (TPSA) is 80.4 Å². The molecule has 0 bridgehead atoms. The minimum Gasteiger partial charge on any atom is -0.478 e. The van der Waals surface area contributed by atoms with E-state index in [-0.39, 0.29) is 4.90 Å². The Balaban J connectivity index is 2.50. The fraction of sp³-hybridized carbons (Fsp3) is 0. The quantitative estimate of drug-likeness (QED) is 0.688. The summed E-state index contributed by atoms with van der Waals surface area (Å²) in [7, 11) is 0. The lowest BCUT2D eigenvalue weighted by Crippen LogP contribution is -2.03. The Bertz CT molecular complexity index is 642. The predicted molar refractivity (Wildman–Crippen MR) is 68.5 cm³/mol. The molecule has 0 unspecified atom stereocenters. The van der Waals surface area contributed by atoms with E-state index in [4.69, 9.17) is 5.11 Å². The predicted octanol–water partition coefficient (Wildman–Crippen LogP) is 3.64. The number of aromatic carboxylic acids is 1. The van der Waals surface area contributed by atoms with Gasteiger partial charge in [0, 0.05) is 6.07 Å². The second-order valence-electron chi connectivity index (χ2n) is 3.40. The normalized spacial score (nSPS) is 10.4. The van der Waals surface area contributed by atoms with Crippen molar-refractivity contribution in [2.75, 3.05) is 0 Å². The van der Waals surface area contributed by atoms with Crippen LogP contribution in [0.4, 0.5) is 10.1 Å². The third-order valence-electron chi connectivity index (χ3n) is 2.18. The van der Waals surface area contributed by atoms with Crippen LogP contribution >= 0.6 is 23.1 Å². The molecule has 5 nitrogen and oxygen atoms in total. The van der Waals surface area contributed by atoms with E-state index in [0.29, 0.717) is 0 Å². The first-order valence-corrected chi connectivity index (χ1v) is 6.61. The molecule has 0 amide bonds. The van der Waals surface area contributed by atoms with Gasteiger partial charge in [0.05, 0.1) is 14.0 Å². The number of nitro benzene ring substituents is 1. The van der Waals surface area contributed by atoms with Gasteiger partial charge >= 0.3 is 5.97 Å². The summed E-state index contributed by atoms with van der Waals surface area (Å²) in [5, 5.41) is 21.5. The summed E-state index contributed by atoms with van der Waals surface area (Å²) in [4.78, 5) is 21.0. The molecule has 2 aromatic rings. The summed E-state index contributed by atoms with van der Waals surface area (Å²) >= 11 is 2.38. The van der Waals surface area contributed by atoms with E-state index < -0.39 is 28.0 Å². The second kappa shape index (κ2) is 5.37. The van der Waals surface area contributed by atoms with Crippen molar-refractivity contribution in [3.8, 4) is 0 Å². The molecule has 1 N–H and O–H groups in total. The average Bonchev–Trinajstić information content (AvgIpc) is 2.81. The Morgan fingerprint density at radius 2 is 2.21 bits per heavy atom. The molecule has 1 heterocycles. The van der Waals surface area contributed by atoms with Gasteiger partial charge in [0.15, 0.2) is 0 Å². The van der Waals surface area contributed by atoms with Crippen molar-refractivity contribution in [2.24, 2.45) is 0 Å². The van der Waals surface area contributed by atoms with Gasteiger partial charge in [-0.15, -0.1) is 11.3 Å². The van der Waals surface area contributed by atoms with E-state index in [2.05, 4.69) is 0 Å². The molecule has 0 aliphatic carbocycles. The first-order valence-electron chi connectivity index (χ1n) is 4.91. The standard InChI is InChI=1S/C11H6FNO4S2/c12-7-5-9(19-10-2-1-3-18-10)8(13(16)17)4-6(7)11(14)15/h1-5H,(H,14,15). The Labute approximate surface area is 114 Å². The maximum Gasteiger partial charge on any atom is 0.338 e. The number of hydrogen-bond donors (Lipinski definition) is 1. The summed E-state index contributed by atoms with van der Waals surface area (Å²) in [6.07, 6.45) is 0. The molecular formula is C11H6FNO4S2. The van der Waals surface area contributed by atoms with Gasteiger partial charge in [-0.2, -0.15) is 0 Å². The molecule has 8 heteroatoms. The van der Waals surface area contributed by atoms with Gasteiger partial charge in [0.25, 0.3) is 5.69 Å². The van der Waals surface area contributed by atoms with Crippen molar-refractivity contribution in [2.45, 2.75) is 9.10 Å². The molecule has 0 aliphatic heterocycles. The van der Waals surface area contributed by atoms with Crippen LogP contribution in [0.15, 0.2) is 38.8 Å². The van der Waals surface area contributed by atoms with Crippen LogP contribution < -0.4 is 0 Å². The van der Waals surface area contributed by atoms with Gasteiger partial charge in [-0.3, -0.25) is 10.1 Å². The SMILES string of the molecule is O=C(O)c1cc([N+](=O)[O-])c(Sc2cccs2)cc1F. The number of rotatable bonds is 4. The maximum absolute atomic E-state index is 13.6. The second-order valence-corrected chi connectivity index (χ2v) is 5.69. The van der Waals surface area contributed by atoms with Crippen LogP contribution in [0.1, 0.15) is 10.4 Å². The van der Waals surface area contributed by atoms with Gasteiger partial charge in [-0.05, 0) is 17.5 Å². The number of nitro groups is 1. The molecule has 0 aliphatic rings. The molecule has 0 radical (unpaired) electrons. The number of thiophene rings is 1. The van der Waals surface area contributed by atoms with Crippen LogP contribution in [0.5, 0.6) is 0 Å². The number of halogens is 1. The van der Waals surface area contributed by atoms with Gasteiger partial charge < -0.3 is 5.11 Å². The lowest BCUT2D eigenvalue weighted by atomic mass is 10.2. The summed E-state index contributed by atoms with van der Waals surface area (Å²) in [6, 6.07) is 5.13. The van der Waals surface area contributed by atoms with Crippen LogP contribution in [-0.4, -0.2) is 16.0 Å². The smallest absolute Gasteiger partial charge is 0.338 e. The average molecular weight is 299 g/mol. The zero-order chi connectivity index (χ0) is 14.0. The number of nitrogens with zero attached hydrogens (tertiary/aromatic N) is 1. The molecule has 1 aromatic heterocycles. The fourth-order valence-corrected chi connectivity index (χ4v) is 3.20. The van der Waals surface area contributed by atoms with Crippen molar-refractivity contribution in [1.29, 1.82) is 0 Å². The van der Waals surface area contributed by atoms with Crippen molar-refractivity contribution < 1.29 is 19.2 Å². The first-order chi connectivity index (χ1) is 8.99. The van der Waals surface area contributed by atoms with E-state index in [0.717, 1.165) is 28.1 Å². The zero-order valence-corrected chi connectivity index (χ0v) is 10.8. The highest BCUT2D eigenvalue weighted by atomic mass is 32.2. The van der Waals surface area contributed by atoms with E-state index in [9.17, 15) is 19.3 Å². The first kappa shape index (κ1) is 13.5. The minimum atomic E-state index is -1.53. The Kier molecular flexibility index (Phi) is 3.82. The monoisotopic (exact) mass is 299 g/mol. The largest absolute Gasteiger partial charge is 0.478 e. The molecular weight excluding hydrogens is 293 g/mol. The molecule has 0 fully saturated rings. The number of benzene rings is 1. The van der Waals surface area contributed by atoms with E-state index >= 15 is 0 Å². The molecule has 19 heavy (non-hydrogen) atoms. The van der Waals surface area contributed by atoms with Crippen molar-refractivity contribution in [3.63, 3.8) is 0 Å². The molecule has 0 saturated carbocycles. The number of carboxylic acids is 1. The summed E-state index contributed by atoms with van der Waals surface area (Å²) < 4.78 is 14.3. The van der Waals surface area contributed by atoms with Crippen LogP contribution in [0, 0.1) is 15.9 Å². The lowest BCUT2D eigenvalue weighted by molar-refractivity contribution is -0.387. The molecule has 98 valence electrons. The maximum atomic E-state index is 13.6. The van der Waals surface area contributed by atoms with Crippen LogP contribution in [-0.2, 0) is 0 Å². The van der Waals surface area contributed by atoms with Crippen LogP contribution in [0.2, 0.25) is 0 Å². The van der Waals surface area contributed by atoms with Gasteiger partial charge in [-0.25, -0.2) is 9.18 Å². The van der Waals surface area contributed by atoms with Crippen LogP contribution in [0.3, 0.4) is 0 Å². The van der Waals surface area contributed by atoms with E-state index in [1.807, 2.05) is 0 Å².